The van der Waals surface area contributed by atoms with E-state index in [1.54, 1.807) is 21.2 Å². The number of hydrogen-bond donors (Lipinski definition) is 0. The van der Waals surface area contributed by atoms with Crippen LogP contribution in [0.1, 0.15) is 20.8 Å². The van der Waals surface area contributed by atoms with E-state index in [4.69, 9.17) is 19.4 Å². The van der Waals surface area contributed by atoms with Gasteiger partial charge in [-0.3, -0.25) is 0 Å². The third kappa shape index (κ3) is 26.3. The van der Waals surface area contributed by atoms with Crippen LogP contribution in [-0.2, 0) is 15.1 Å². The van der Waals surface area contributed by atoms with Gasteiger partial charge in [0, 0.05) is 0 Å². The van der Waals surface area contributed by atoms with E-state index in [1.807, 2.05) is 0 Å². The summed E-state index contributed by atoms with van der Waals surface area (Å²) in [6, 6.07) is 142. The van der Waals surface area contributed by atoms with E-state index >= 15 is 0 Å². The van der Waals surface area contributed by atoms with Gasteiger partial charge in [0.05, 0.1) is 40.4 Å². The Kier molecular flexibility index (Phi) is 34.6. The summed E-state index contributed by atoms with van der Waals surface area (Å²) in [4.78, 5) is 0. The summed E-state index contributed by atoms with van der Waals surface area (Å²) in [6.45, 7) is 29.2. The Morgan fingerprint density at radius 2 is 0.439 bits per heavy atom. The first-order valence-corrected chi connectivity index (χ1v) is 68.0. The van der Waals surface area contributed by atoms with Gasteiger partial charge in [0.25, 0.3) is 0 Å². The maximum atomic E-state index is 4.85. The van der Waals surface area contributed by atoms with Crippen molar-refractivity contribution in [3.8, 4) is 44.5 Å². The Morgan fingerprint density at radius 1 is 0.254 bits per heavy atom. The number of hydrogen-bond acceptors (Lipinski definition) is 0. The third-order valence-electron chi connectivity index (χ3n) is 22.8. The molecule has 0 bridgehead atoms. The fourth-order valence-electron chi connectivity index (χ4n) is 16.1. The molecule has 0 aliphatic heterocycles. The summed E-state index contributed by atoms with van der Waals surface area (Å²) in [6.07, 6.45) is 8.71. The van der Waals surface area contributed by atoms with Gasteiger partial charge in [0.15, 0.2) is 0 Å². The van der Waals surface area contributed by atoms with Crippen LogP contribution in [0.25, 0.3) is 44.5 Å². The van der Waals surface area contributed by atoms with Gasteiger partial charge in [-0.25, -0.2) is 0 Å². The standard InChI is InChI=1S/C92H104P4Si5.C10H14.2ClH.Ru/c1-97(2,73-93(81-49-25-13-26-50-81)89-61-37-33-57-85(89)77-41-17-9-18-42-77)65-69-101(70-66-98(3,4)74-94(82-51-27-14-28-52-82)90-62-38-34-58-86(90)78-43-19-10-20-44-78,71-67-99(5,6)75-95(83-53-29-15-30-54-83)91-63-39-35-59-87(91)79-45-21-11-22-46-79)72-68-100(7,8)76-96(84-55-31-16-32-56-84)92-64-40-36-60-88(92)80-47-23-12-24-48-80;1-8(2)10-6-4-9(3)5-7-10;;;/h9-64H,65-76H2,1-8H3;4-8H,1-3H3;2*1H;/q;;;;+2/p-2/t93-,94-,95-,96-;;;;/m0..../s1. The molecule has 0 aromatic heterocycles. The summed E-state index contributed by atoms with van der Waals surface area (Å²) < 4.78 is 0. The third-order valence-corrected chi connectivity index (χ3v) is 62.8. The van der Waals surface area contributed by atoms with Crippen LogP contribution in [0.5, 0.6) is 0 Å². The monoisotopic (exact) mass is 1780 g/mol. The molecule has 0 nitrogen and oxygen atoms in total. The van der Waals surface area contributed by atoms with Gasteiger partial charge in [-0.05, 0) is 185 Å². The molecule has 6 radical (unpaired) electrons. The summed E-state index contributed by atoms with van der Waals surface area (Å²) in [5.74, 6) is 8.61. The topological polar surface area (TPSA) is 0 Å². The van der Waals surface area contributed by atoms with Crippen LogP contribution in [0.3, 0.4) is 0 Å². The molecule has 1 aliphatic rings. The van der Waals surface area contributed by atoms with Crippen LogP contribution in [-0.4, -0.2) is 63.5 Å². The van der Waals surface area contributed by atoms with E-state index in [1.165, 1.54) is 149 Å². The van der Waals surface area contributed by atoms with E-state index in [9.17, 15) is 0 Å². The van der Waals surface area contributed by atoms with Gasteiger partial charge in [0.1, 0.15) is 0 Å². The molecule has 0 N–H and O–H groups in total. The maximum absolute atomic E-state index is 4.85. The summed E-state index contributed by atoms with van der Waals surface area (Å²) in [7, 11) is -2.73. The second-order valence-corrected chi connectivity index (χ2v) is 73.9. The Bertz CT molecular complexity index is 4210. The van der Waals surface area contributed by atoms with Crippen LogP contribution in [0.4, 0.5) is 0 Å². The molecule has 0 saturated heterocycles. The molecular formula is C102H118Cl2P4RuSi5. The quantitative estimate of drug-likeness (QED) is 0.0284. The van der Waals surface area contributed by atoms with Gasteiger partial charge in [-0.1, -0.05) is 461 Å². The molecule has 0 spiro atoms. The summed E-state index contributed by atoms with van der Waals surface area (Å²) in [5.41, 5.74) is 11.0. The first-order valence-electron chi connectivity index (χ1n) is 40.9. The molecule has 0 heterocycles. The molecule has 0 amide bonds. The number of rotatable bonds is 33. The van der Waals surface area contributed by atoms with Crippen molar-refractivity contribution < 1.29 is 15.1 Å². The molecule has 1 aliphatic carbocycles. The van der Waals surface area contributed by atoms with Crippen LogP contribution in [0.15, 0.2) is 340 Å². The van der Waals surface area contributed by atoms with Crippen molar-refractivity contribution in [2.45, 2.75) is 122 Å². The Balaban J connectivity index is 0.000000902. The molecule has 114 heavy (non-hydrogen) atoms. The molecular weight excluding hydrogens is 1660 g/mol. The SMILES string of the molecule is C[C]1[CH][CH][C](C(C)C)[CH][CH]1.C[Si](C)(CC[Si](CC[Si](C)(C)C[P@@](c1ccccc1)c1ccccc1-c1ccccc1)(CC[Si](C)(C)C[P@@](c1ccccc1)c1ccccc1-c1ccccc1)CC[Si](C)(C)C[P@@](c1ccccc1)c1ccccc1-c1ccccc1)C[P@@](c1ccccc1)c1ccccc1-c1ccccc1.[Cl][Ru][Cl]. The van der Waals surface area contributed by atoms with Gasteiger partial charge < -0.3 is 0 Å². The minimum absolute atomic E-state index is 0.346. The van der Waals surface area contributed by atoms with Gasteiger partial charge in [-0.2, -0.15) is 0 Å². The Morgan fingerprint density at radius 3 is 0.640 bits per heavy atom. The van der Waals surface area contributed by atoms with Crippen LogP contribution >= 0.6 is 51.1 Å². The van der Waals surface area contributed by atoms with Gasteiger partial charge in [-0.15, -0.1) is 0 Å². The number of halogens is 2. The zero-order valence-corrected chi connectivity index (χ0v) is 80.9. The second-order valence-electron chi connectivity index (χ2n) is 34.5. The molecule has 4 atom stereocenters. The summed E-state index contributed by atoms with van der Waals surface area (Å²) in [5, 5.41) is 12.3. The van der Waals surface area contributed by atoms with Crippen LogP contribution in [0.2, 0.25) is 101 Å². The van der Waals surface area contributed by atoms with E-state index in [-0.39, 0.29) is 15.1 Å². The average Bonchev–Trinajstić information content (AvgIpc) is 0.799. The zero-order valence-electron chi connectivity index (χ0n) is 69.1. The first kappa shape index (κ1) is 89.4. The van der Waals surface area contributed by atoms with Gasteiger partial charge in [0.2, 0.25) is 0 Å². The molecule has 12 aromatic rings. The fourth-order valence-corrected chi connectivity index (χ4v) is 65.1. The van der Waals surface area contributed by atoms with Crippen molar-refractivity contribution >= 4 is 134 Å². The molecule has 13 rings (SSSR count). The fraction of sp³-hybridized carbons (Fsp3) is 0.235. The summed E-state index contributed by atoms with van der Waals surface area (Å²) >= 11 is -0.346. The van der Waals surface area contributed by atoms with Crippen molar-refractivity contribution in [1.29, 1.82) is 0 Å². The average molecular weight is 1780 g/mol. The normalized spacial score (nSPS) is 14.2. The van der Waals surface area contributed by atoms with Crippen LogP contribution in [0, 0.1) is 43.4 Å². The van der Waals surface area contributed by atoms with Crippen molar-refractivity contribution in [1.82, 2.24) is 0 Å². The Labute approximate surface area is 714 Å². The van der Waals surface area contributed by atoms with E-state index in [0.717, 1.165) is 0 Å². The molecule has 0 unspecified atom stereocenters. The minimum atomic E-state index is -2.16. The van der Waals surface area contributed by atoms with E-state index in [0.29, 0.717) is 5.92 Å². The second kappa shape index (κ2) is 44.1. The predicted octanol–water partition coefficient (Wildman–Crippen LogP) is 27.6. The van der Waals surface area contributed by atoms with Crippen molar-refractivity contribution in [2.75, 3.05) is 23.1 Å². The van der Waals surface area contributed by atoms with Crippen molar-refractivity contribution in [2.24, 2.45) is 5.92 Å². The molecule has 12 aromatic carbocycles. The van der Waals surface area contributed by atoms with Crippen molar-refractivity contribution in [3.63, 3.8) is 0 Å². The van der Waals surface area contributed by atoms with Gasteiger partial charge >= 0.3 is 34.5 Å². The molecule has 12 heteroatoms. The predicted molar refractivity (Wildman–Crippen MR) is 528 cm³/mol. The zero-order chi connectivity index (χ0) is 80.4. The molecule has 1 saturated carbocycles. The van der Waals surface area contributed by atoms with E-state index in [2.05, 4.69) is 439 Å². The van der Waals surface area contributed by atoms with Crippen LogP contribution < -0.4 is 42.4 Å². The Hall–Kier alpha value is -5.35. The molecule has 1 fully saturated rings. The first-order chi connectivity index (χ1) is 55.1. The van der Waals surface area contributed by atoms with E-state index < -0.39 is 72.1 Å². The van der Waals surface area contributed by atoms with Crippen molar-refractivity contribution in [3.05, 3.63) is 377 Å². The number of benzene rings is 12. The molecule has 588 valence electrons.